The van der Waals surface area contributed by atoms with E-state index >= 15 is 0 Å². The van der Waals surface area contributed by atoms with Gasteiger partial charge in [0.2, 0.25) is 0 Å². The molecule has 2 aromatic carbocycles. The zero-order valence-corrected chi connectivity index (χ0v) is 17.8. The number of H-pyrrole nitrogens is 1. The SMILES string of the molecule is COC(=O)[C@@H]1Cc2c([nH]c3ccccc23)[C@H]2C[C@H](NCCO)C[C@@H](c3ccccc3)N21. The van der Waals surface area contributed by atoms with Crippen molar-refractivity contribution in [2.75, 3.05) is 20.3 Å². The van der Waals surface area contributed by atoms with Gasteiger partial charge >= 0.3 is 5.97 Å². The molecule has 1 fully saturated rings. The number of ether oxygens (including phenoxy) is 1. The summed E-state index contributed by atoms with van der Waals surface area (Å²) in [7, 11) is 1.48. The number of aromatic nitrogens is 1. The fourth-order valence-electron chi connectivity index (χ4n) is 5.58. The summed E-state index contributed by atoms with van der Waals surface area (Å²) in [6, 6.07) is 18.8. The standard InChI is InChI=1S/C25H29N3O3/c1-31-25(30)23-15-19-18-9-5-6-10-20(18)27-24(19)22-14-17(26-11-12-29)13-21(28(22)23)16-7-3-2-4-8-16/h2-10,17,21-23,26-27,29H,11-15H2,1H3/t17-,21+,22-,23+/m1/s1. The van der Waals surface area contributed by atoms with Gasteiger partial charge in [-0.25, -0.2) is 0 Å². The Morgan fingerprint density at radius 2 is 1.87 bits per heavy atom. The third-order valence-corrected chi connectivity index (χ3v) is 6.87. The summed E-state index contributed by atoms with van der Waals surface area (Å²) in [5.74, 6) is -0.177. The fraction of sp³-hybridized carbons (Fsp3) is 0.400. The van der Waals surface area contributed by atoms with Crippen molar-refractivity contribution in [3.05, 3.63) is 71.4 Å². The van der Waals surface area contributed by atoms with Gasteiger partial charge in [0, 0.05) is 41.6 Å². The van der Waals surface area contributed by atoms with Crippen molar-refractivity contribution < 1.29 is 14.6 Å². The summed E-state index contributed by atoms with van der Waals surface area (Å²) in [5.41, 5.74) is 4.75. The molecule has 3 aromatic rings. The molecule has 6 heteroatoms. The summed E-state index contributed by atoms with van der Waals surface area (Å²) in [4.78, 5) is 19.0. The molecule has 0 amide bonds. The lowest BCUT2D eigenvalue weighted by atomic mass is 9.79. The number of esters is 1. The fourth-order valence-corrected chi connectivity index (χ4v) is 5.58. The summed E-state index contributed by atoms with van der Waals surface area (Å²) in [5, 5.41) is 14.1. The number of para-hydroxylation sites is 1. The Kier molecular flexibility index (Phi) is 5.52. The second-order valence-corrected chi connectivity index (χ2v) is 8.54. The Bertz CT molecular complexity index is 1060. The number of piperidine rings is 1. The van der Waals surface area contributed by atoms with Crippen molar-refractivity contribution in [2.24, 2.45) is 0 Å². The number of aromatic amines is 1. The topological polar surface area (TPSA) is 77.6 Å². The van der Waals surface area contributed by atoms with Crippen molar-refractivity contribution in [1.82, 2.24) is 15.2 Å². The van der Waals surface area contributed by atoms with Gasteiger partial charge in [0.25, 0.3) is 0 Å². The van der Waals surface area contributed by atoms with Gasteiger partial charge in [0.05, 0.1) is 19.8 Å². The highest BCUT2D eigenvalue weighted by Gasteiger charge is 2.48. The Balaban J connectivity index is 1.64. The minimum absolute atomic E-state index is 0.0652. The number of aliphatic hydroxyl groups is 1. The van der Waals surface area contributed by atoms with E-state index in [0.717, 1.165) is 18.4 Å². The summed E-state index contributed by atoms with van der Waals surface area (Å²) in [6.07, 6.45) is 2.39. The first-order chi connectivity index (χ1) is 15.2. The average molecular weight is 420 g/mol. The van der Waals surface area contributed by atoms with Crippen LogP contribution in [0.25, 0.3) is 10.9 Å². The number of carbonyl (C=O) groups excluding carboxylic acids is 1. The molecule has 1 saturated heterocycles. The summed E-state index contributed by atoms with van der Waals surface area (Å²) in [6.45, 7) is 0.683. The molecule has 6 nitrogen and oxygen atoms in total. The van der Waals surface area contributed by atoms with Gasteiger partial charge in [-0.1, -0.05) is 48.5 Å². The van der Waals surface area contributed by atoms with Crippen LogP contribution in [0.2, 0.25) is 0 Å². The molecule has 162 valence electrons. The van der Waals surface area contributed by atoms with Crippen molar-refractivity contribution in [1.29, 1.82) is 0 Å². The van der Waals surface area contributed by atoms with Crippen LogP contribution in [0.4, 0.5) is 0 Å². The van der Waals surface area contributed by atoms with Crippen molar-refractivity contribution in [2.45, 2.75) is 43.4 Å². The Labute approximate surface area is 182 Å². The van der Waals surface area contributed by atoms with Gasteiger partial charge in [-0.15, -0.1) is 0 Å². The number of hydrogen-bond donors (Lipinski definition) is 3. The van der Waals surface area contributed by atoms with Gasteiger partial charge in [0.1, 0.15) is 6.04 Å². The van der Waals surface area contributed by atoms with Gasteiger partial charge in [-0.2, -0.15) is 0 Å². The number of hydrogen-bond acceptors (Lipinski definition) is 5. The molecule has 3 heterocycles. The number of nitrogens with one attached hydrogen (secondary N) is 2. The predicted molar refractivity (Wildman–Crippen MR) is 120 cm³/mol. The molecule has 4 atom stereocenters. The Hall–Kier alpha value is -2.67. The molecule has 31 heavy (non-hydrogen) atoms. The van der Waals surface area contributed by atoms with E-state index in [4.69, 9.17) is 4.74 Å². The molecule has 0 unspecified atom stereocenters. The maximum atomic E-state index is 13.0. The Morgan fingerprint density at radius 1 is 1.13 bits per heavy atom. The van der Waals surface area contributed by atoms with Crippen LogP contribution in [-0.4, -0.2) is 53.3 Å². The number of nitrogens with zero attached hydrogens (tertiary/aromatic N) is 1. The summed E-state index contributed by atoms with van der Waals surface area (Å²) < 4.78 is 5.28. The summed E-state index contributed by atoms with van der Waals surface area (Å²) >= 11 is 0. The first-order valence-corrected chi connectivity index (χ1v) is 11.0. The number of carbonyl (C=O) groups is 1. The van der Waals surface area contributed by atoms with E-state index in [2.05, 4.69) is 57.7 Å². The molecular formula is C25H29N3O3. The average Bonchev–Trinajstić information content (AvgIpc) is 3.20. The second-order valence-electron chi connectivity index (χ2n) is 8.54. The molecule has 3 N–H and O–H groups in total. The van der Waals surface area contributed by atoms with E-state index in [1.807, 2.05) is 12.1 Å². The first-order valence-electron chi connectivity index (χ1n) is 11.0. The van der Waals surface area contributed by atoms with E-state index in [1.54, 1.807) is 0 Å². The van der Waals surface area contributed by atoms with Crippen molar-refractivity contribution in [3.8, 4) is 0 Å². The lowest BCUT2D eigenvalue weighted by Gasteiger charge is -2.50. The number of aliphatic hydroxyl groups excluding tert-OH is 1. The van der Waals surface area contributed by atoms with Crippen molar-refractivity contribution in [3.63, 3.8) is 0 Å². The van der Waals surface area contributed by atoms with Gasteiger partial charge in [0.15, 0.2) is 0 Å². The maximum absolute atomic E-state index is 13.0. The predicted octanol–water partition coefficient (Wildman–Crippen LogP) is 3.09. The lowest BCUT2D eigenvalue weighted by Crippen LogP contribution is -2.55. The smallest absolute Gasteiger partial charge is 0.323 e. The molecule has 0 aliphatic carbocycles. The zero-order chi connectivity index (χ0) is 21.4. The molecule has 2 aliphatic heterocycles. The molecule has 5 rings (SSSR count). The molecule has 0 bridgehead atoms. The number of fused-ring (bicyclic) bond motifs is 5. The molecule has 0 radical (unpaired) electrons. The molecule has 1 aromatic heterocycles. The third-order valence-electron chi connectivity index (χ3n) is 6.87. The highest BCUT2D eigenvalue weighted by molar-refractivity contribution is 5.87. The van der Waals surface area contributed by atoms with Crippen LogP contribution in [-0.2, 0) is 16.0 Å². The van der Waals surface area contributed by atoms with E-state index in [0.29, 0.717) is 13.0 Å². The van der Waals surface area contributed by atoms with E-state index < -0.39 is 0 Å². The van der Waals surface area contributed by atoms with E-state index in [-0.39, 0.29) is 36.7 Å². The van der Waals surface area contributed by atoms with E-state index in [1.165, 1.54) is 29.3 Å². The molecule has 2 aliphatic rings. The first kappa shape index (κ1) is 20.2. The van der Waals surface area contributed by atoms with Crippen LogP contribution in [0.5, 0.6) is 0 Å². The minimum atomic E-state index is -0.328. The van der Waals surface area contributed by atoms with Gasteiger partial charge < -0.3 is 20.1 Å². The monoisotopic (exact) mass is 419 g/mol. The van der Waals surface area contributed by atoms with E-state index in [9.17, 15) is 9.90 Å². The number of benzene rings is 2. The van der Waals surface area contributed by atoms with Gasteiger partial charge in [-0.05, 0) is 30.0 Å². The molecule has 0 saturated carbocycles. The van der Waals surface area contributed by atoms with Crippen molar-refractivity contribution >= 4 is 16.9 Å². The van der Waals surface area contributed by atoms with Gasteiger partial charge in [-0.3, -0.25) is 9.69 Å². The van der Waals surface area contributed by atoms with Crippen LogP contribution in [0, 0.1) is 0 Å². The van der Waals surface area contributed by atoms with Crippen LogP contribution in [0.15, 0.2) is 54.6 Å². The highest BCUT2D eigenvalue weighted by Crippen LogP contribution is 2.48. The molecule has 0 spiro atoms. The highest BCUT2D eigenvalue weighted by atomic mass is 16.5. The van der Waals surface area contributed by atoms with Crippen LogP contribution in [0.3, 0.4) is 0 Å². The van der Waals surface area contributed by atoms with Crippen LogP contribution >= 0.6 is 0 Å². The Morgan fingerprint density at radius 3 is 2.65 bits per heavy atom. The number of methoxy groups -OCH3 is 1. The third kappa shape index (κ3) is 3.55. The quantitative estimate of drug-likeness (QED) is 0.554. The normalized spacial score (nSPS) is 25.7. The van der Waals surface area contributed by atoms with Crippen LogP contribution < -0.4 is 5.32 Å². The second kappa shape index (κ2) is 8.46. The number of rotatable bonds is 5. The zero-order valence-electron chi connectivity index (χ0n) is 17.8. The molecular weight excluding hydrogens is 390 g/mol. The maximum Gasteiger partial charge on any atom is 0.323 e. The lowest BCUT2D eigenvalue weighted by molar-refractivity contribution is -0.152. The van der Waals surface area contributed by atoms with Crippen LogP contribution in [0.1, 0.15) is 41.7 Å². The largest absolute Gasteiger partial charge is 0.468 e. The minimum Gasteiger partial charge on any atom is -0.468 e.